The van der Waals surface area contributed by atoms with Crippen molar-refractivity contribution in [1.82, 2.24) is 10.2 Å². The Labute approximate surface area is 290 Å². The van der Waals surface area contributed by atoms with Gasteiger partial charge < -0.3 is 30.6 Å². The number of nitrogens with zero attached hydrogens (tertiary/aromatic N) is 2. The molecule has 1 saturated heterocycles. The molecular formula is C40H52N4O5. The van der Waals surface area contributed by atoms with E-state index in [-0.39, 0.29) is 36.8 Å². The highest BCUT2D eigenvalue weighted by molar-refractivity contribution is 6.08. The van der Waals surface area contributed by atoms with Crippen LogP contribution in [0.15, 0.2) is 77.9 Å². The molecule has 1 unspecified atom stereocenters. The van der Waals surface area contributed by atoms with Gasteiger partial charge in [0, 0.05) is 43.2 Å². The van der Waals surface area contributed by atoms with Crippen LogP contribution in [0.25, 0.3) is 0 Å². The van der Waals surface area contributed by atoms with Crippen molar-refractivity contribution in [3.63, 3.8) is 0 Å². The Morgan fingerprint density at radius 3 is 2.61 bits per heavy atom. The molecule has 0 saturated carbocycles. The molecule has 3 aliphatic rings. The van der Waals surface area contributed by atoms with Crippen molar-refractivity contribution in [2.24, 2.45) is 11.8 Å². The molecule has 4 atom stereocenters. The Kier molecular flexibility index (Phi) is 11.9. The third-order valence-corrected chi connectivity index (χ3v) is 10.2. The average Bonchev–Trinajstić information content (AvgIpc) is 3.32. The molecule has 262 valence electrons. The van der Waals surface area contributed by atoms with E-state index in [0.29, 0.717) is 43.0 Å². The van der Waals surface area contributed by atoms with Crippen LogP contribution in [0.3, 0.4) is 0 Å². The van der Waals surface area contributed by atoms with E-state index < -0.39 is 17.4 Å². The first-order valence-corrected chi connectivity index (χ1v) is 17.7. The number of allylic oxidation sites excluding steroid dienone is 3. The van der Waals surface area contributed by atoms with Gasteiger partial charge in [-0.05, 0) is 88.7 Å². The summed E-state index contributed by atoms with van der Waals surface area (Å²) >= 11 is 0. The van der Waals surface area contributed by atoms with Gasteiger partial charge in [-0.3, -0.25) is 14.4 Å². The third kappa shape index (κ3) is 8.23. The van der Waals surface area contributed by atoms with Crippen molar-refractivity contribution in [1.29, 1.82) is 0 Å². The monoisotopic (exact) mass is 668 g/mol. The molecule has 0 radical (unpaired) electrons. The molecule has 0 aliphatic carbocycles. The number of amides is 3. The molecule has 4 N–H and O–H groups in total. The van der Waals surface area contributed by atoms with Gasteiger partial charge in [-0.2, -0.15) is 0 Å². The summed E-state index contributed by atoms with van der Waals surface area (Å²) in [4.78, 5) is 44.0. The Morgan fingerprint density at radius 2 is 1.90 bits per heavy atom. The molecule has 49 heavy (non-hydrogen) atoms. The van der Waals surface area contributed by atoms with E-state index in [1.807, 2.05) is 30.3 Å². The SMILES string of the molecule is CC(C)=CCC/C(C)=C/CN1C(=O)[C@](O)([C@H](C)/C=C/CC(=O)N2Cc3ccccc3C[C@H]2CO)c2cc(NC(=O)C3CCCNC3)ccc21. The van der Waals surface area contributed by atoms with Crippen molar-refractivity contribution in [3.8, 4) is 0 Å². The molecular weight excluding hydrogens is 616 g/mol. The fraction of sp³-hybridized carbons (Fsp3) is 0.475. The molecule has 3 amide bonds. The number of nitrogens with one attached hydrogen (secondary N) is 2. The van der Waals surface area contributed by atoms with Gasteiger partial charge in [0.25, 0.3) is 5.91 Å². The number of aliphatic hydroxyl groups excluding tert-OH is 1. The number of piperidine rings is 1. The molecule has 1 fully saturated rings. The van der Waals surface area contributed by atoms with Gasteiger partial charge >= 0.3 is 0 Å². The molecule has 2 aromatic carbocycles. The Morgan fingerprint density at radius 1 is 1.12 bits per heavy atom. The minimum absolute atomic E-state index is 0.0724. The third-order valence-electron chi connectivity index (χ3n) is 10.2. The predicted octanol–water partition coefficient (Wildman–Crippen LogP) is 5.38. The summed E-state index contributed by atoms with van der Waals surface area (Å²) in [6.45, 7) is 10.1. The van der Waals surface area contributed by atoms with Crippen molar-refractivity contribution < 1.29 is 24.6 Å². The molecule has 9 nitrogen and oxygen atoms in total. The van der Waals surface area contributed by atoms with E-state index >= 15 is 0 Å². The lowest BCUT2D eigenvalue weighted by molar-refractivity contribution is -0.139. The smallest absolute Gasteiger partial charge is 0.264 e. The fourth-order valence-corrected chi connectivity index (χ4v) is 7.14. The van der Waals surface area contributed by atoms with Gasteiger partial charge in [0.1, 0.15) is 0 Å². The number of carbonyl (C=O) groups is 3. The van der Waals surface area contributed by atoms with Gasteiger partial charge in [-0.25, -0.2) is 0 Å². The normalized spacial score (nSPS) is 22.9. The Bertz CT molecular complexity index is 1620. The topological polar surface area (TPSA) is 122 Å². The standard InChI is InChI=1S/C40H52N4O5/c1-27(2)10-7-11-28(3)19-21-43-36-18-17-33(42-38(47)31-15-9-20-41-24-31)23-35(36)40(49,39(43)48)29(4)12-8-16-37(46)44-25-32-14-6-5-13-30(32)22-34(44)26-45/h5-6,8,10,12-14,17-19,23,29,31,34,41,45,49H,7,9,11,15-16,20-22,24-26H2,1-4H3,(H,42,47)/b12-8+,28-19+/t29-,31?,34+,40+/m1/s1. The Hall–Kier alpha value is -4.05. The summed E-state index contributed by atoms with van der Waals surface area (Å²) in [6, 6.07) is 13.0. The lowest BCUT2D eigenvalue weighted by Crippen LogP contribution is -2.46. The van der Waals surface area contributed by atoms with Gasteiger partial charge in [0.05, 0.1) is 24.3 Å². The number of hydrogen-bond donors (Lipinski definition) is 4. The summed E-state index contributed by atoms with van der Waals surface area (Å²) in [7, 11) is 0. The number of fused-ring (bicyclic) bond motifs is 2. The van der Waals surface area contributed by atoms with E-state index in [1.165, 1.54) is 5.57 Å². The summed E-state index contributed by atoms with van der Waals surface area (Å²) in [5.41, 5.74) is 4.30. The van der Waals surface area contributed by atoms with Crippen LogP contribution in [0.1, 0.15) is 76.5 Å². The second kappa shape index (κ2) is 16.1. The molecule has 3 aliphatic heterocycles. The first-order valence-electron chi connectivity index (χ1n) is 17.7. The largest absolute Gasteiger partial charge is 0.394 e. The highest BCUT2D eigenvalue weighted by Crippen LogP contribution is 2.46. The van der Waals surface area contributed by atoms with Crippen molar-refractivity contribution >= 4 is 29.1 Å². The highest BCUT2D eigenvalue weighted by atomic mass is 16.3. The van der Waals surface area contributed by atoms with E-state index in [4.69, 9.17) is 0 Å². The van der Waals surface area contributed by atoms with Crippen molar-refractivity contribution in [2.45, 2.75) is 84.4 Å². The van der Waals surface area contributed by atoms with Gasteiger partial charge in [0.15, 0.2) is 5.60 Å². The van der Waals surface area contributed by atoms with E-state index in [1.54, 1.807) is 47.1 Å². The predicted molar refractivity (Wildman–Crippen MR) is 194 cm³/mol. The number of benzene rings is 2. The minimum Gasteiger partial charge on any atom is -0.394 e. The van der Waals surface area contributed by atoms with Crippen LogP contribution in [0, 0.1) is 11.8 Å². The van der Waals surface area contributed by atoms with Crippen LogP contribution in [0.4, 0.5) is 11.4 Å². The lowest BCUT2D eigenvalue weighted by atomic mass is 9.82. The van der Waals surface area contributed by atoms with Crippen LogP contribution in [-0.2, 0) is 33.0 Å². The summed E-state index contributed by atoms with van der Waals surface area (Å²) < 4.78 is 0. The second-order valence-electron chi connectivity index (χ2n) is 14.1. The van der Waals surface area contributed by atoms with E-state index in [0.717, 1.165) is 48.9 Å². The van der Waals surface area contributed by atoms with Crippen LogP contribution < -0.4 is 15.5 Å². The molecule has 2 aromatic rings. The highest BCUT2D eigenvalue weighted by Gasteiger charge is 2.52. The first kappa shape index (κ1) is 36.2. The molecule has 5 rings (SSSR count). The Balaban J connectivity index is 1.36. The van der Waals surface area contributed by atoms with Crippen LogP contribution >= 0.6 is 0 Å². The second-order valence-corrected chi connectivity index (χ2v) is 14.1. The first-order chi connectivity index (χ1) is 23.5. The number of rotatable bonds is 12. The fourth-order valence-electron chi connectivity index (χ4n) is 7.14. The van der Waals surface area contributed by atoms with Crippen molar-refractivity contribution in [2.75, 3.05) is 36.5 Å². The van der Waals surface area contributed by atoms with E-state index in [9.17, 15) is 24.6 Å². The lowest BCUT2D eigenvalue weighted by Gasteiger charge is -2.36. The number of hydrogen-bond acceptors (Lipinski definition) is 6. The maximum absolute atomic E-state index is 14.2. The van der Waals surface area contributed by atoms with Crippen LogP contribution in [0.5, 0.6) is 0 Å². The summed E-state index contributed by atoms with van der Waals surface area (Å²) in [5.74, 6) is -1.47. The maximum Gasteiger partial charge on any atom is 0.264 e. The quantitative estimate of drug-likeness (QED) is 0.226. The molecule has 0 spiro atoms. The zero-order valence-electron chi connectivity index (χ0n) is 29.4. The molecule has 0 aromatic heterocycles. The van der Waals surface area contributed by atoms with Crippen LogP contribution in [-0.4, -0.2) is 65.1 Å². The summed E-state index contributed by atoms with van der Waals surface area (Å²) in [6.07, 6.45) is 11.9. The van der Waals surface area contributed by atoms with Gasteiger partial charge in [-0.1, -0.05) is 66.6 Å². The maximum atomic E-state index is 14.2. The number of anilines is 2. The number of aliphatic hydroxyl groups is 2. The molecule has 9 heteroatoms. The number of carbonyl (C=O) groups excluding carboxylic acids is 3. The van der Waals surface area contributed by atoms with E-state index in [2.05, 4.69) is 37.5 Å². The van der Waals surface area contributed by atoms with Crippen LogP contribution in [0.2, 0.25) is 0 Å². The average molecular weight is 669 g/mol. The molecule has 3 heterocycles. The summed E-state index contributed by atoms with van der Waals surface area (Å²) in [5, 5.41) is 28.6. The molecule has 0 bridgehead atoms. The van der Waals surface area contributed by atoms with Gasteiger partial charge in [0.2, 0.25) is 11.8 Å². The zero-order valence-corrected chi connectivity index (χ0v) is 29.4. The zero-order chi connectivity index (χ0) is 35.1. The van der Waals surface area contributed by atoms with Gasteiger partial charge in [-0.15, -0.1) is 0 Å². The van der Waals surface area contributed by atoms with Crippen molar-refractivity contribution in [3.05, 3.63) is 94.6 Å². The minimum atomic E-state index is -1.90.